The molecule has 1 atom stereocenters. The number of para-hydroxylation sites is 1. The number of nitrogens with zero attached hydrogens (tertiary/aromatic N) is 2. The number of hydrogen-bond acceptors (Lipinski definition) is 4. The molecule has 0 fully saturated rings. The van der Waals surface area contributed by atoms with Crippen molar-refractivity contribution in [3.05, 3.63) is 53.1 Å². The Hall–Kier alpha value is -1.72. The van der Waals surface area contributed by atoms with Gasteiger partial charge in [-0.1, -0.05) is 29.8 Å². The SMILES string of the molecule is Br.NC1=NCC2c3ccccc3Oc3cc(Cl)ccc3N12. The van der Waals surface area contributed by atoms with Crippen molar-refractivity contribution in [1.82, 2.24) is 0 Å². The smallest absolute Gasteiger partial charge is 0.196 e. The van der Waals surface area contributed by atoms with Crippen LogP contribution in [-0.2, 0) is 0 Å². The van der Waals surface area contributed by atoms with Gasteiger partial charge >= 0.3 is 0 Å². The quantitative estimate of drug-likeness (QED) is 0.769. The van der Waals surface area contributed by atoms with Gasteiger partial charge in [0.1, 0.15) is 5.75 Å². The second kappa shape index (κ2) is 5.24. The number of hydrogen-bond donors (Lipinski definition) is 1. The second-order valence-electron chi connectivity index (χ2n) is 4.84. The van der Waals surface area contributed by atoms with Crippen LogP contribution in [-0.4, -0.2) is 12.5 Å². The first-order valence-corrected chi connectivity index (χ1v) is 6.77. The molecule has 0 amide bonds. The molecule has 4 rings (SSSR count). The van der Waals surface area contributed by atoms with Crippen molar-refractivity contribution in [2.75, 3.05) is 11.4 Å². The van der Waals surface area contributed by atoms with Crippen molar-refractivity contribution in [2.45, 2.75) is 6.04 Å². The van der Waals surface area contributed by atoms with Crippen LogP contribution in [0.4, 0.5) is 5.69 Å². The lowest BCUT2D eigenvalue weighted by molar-refractivity contribution is 0.482. The predicted molar refractivity (Wildman–Crippen MR) is 90.0 cm³/mol. The van der Waals surface area contributed by atoms with Crippen LogP contribution in [0.2, 0.25) is 5.02 Å². The predicted octanol–water partition coefficient (Wildman–Crippen LogP) is 3.90. The lowest BCUT2D eigenvalue weighted by Crippen LogP contribution is -2.35. The number of halogens is 2. The standard InChI is InChI=1S/C15H12ClN3O.BrH/c16-9-5-6-11-14(7-9)20-13-4-2-1-3-10(13)12-8-18-15(17)19(11)12;/h1-7,12H,8H2,(H2,17,18);1H. The number of benzene rings is 2. The maximum absolute atomic E-state index is 6.08. The van der Waals surface area contributed by atoms with Gasteiger partial charge < -0.3 is 10.5 Å². The summed E-state index contributed by atoms with van der Waals surface area (Å²) in [5, 5.41) is 0.634. The molecular formula is C15H13BrClN3O. The molecule has 0 aliphatic carbocycles. The second-order valence-corrected chi connectivity index (χ2v) is 5.27. The number of aliphatic imine (C=N–C) groups is 1. The van der Waals surface area contributed by atoms with Crippen molar-refractivity contribution >= 4 is 40.2 Å². The summed E-state index contributed by atoms with van der Waals surface area (Å²) in [5.74, 6) is 2.04. The maximum Gasteiger partial charge on any atom is 0.196 e. The average Bonchev–Trinajstić information content (AvgIpc) is 2.75. The molecule has 2 heterocycles. The molecular weight excluding hydrogens is 354 g/mol. The van der Waals surface area contributed by atoms with Crippen molar-refractivity contribution in [3.63, 3.8) is 0 Å². The maximum atomic E-state index is 6.08. The Morgan fingerprint density at radius 3 is 2.86 bits per heavy atom. The van der Waals surface area contributed by atoms with E-state index in [2.05, 4.69) is 11.1 Å². The van der Waals surface area contributed by atoms with Crippen molar-refractivity contribution < 1.29 is 4.74 Å². The van der Waals surface area contributed by atoms with E-state index in [0.29, 0.717) is 23.3 Å². The lowest BCUT2D eigenvalue weighted by atomic mass is 10.1. The summed E-state index contributed by atoms with van der Waals surface area (Å²) < 4.78 is 6.03. The molecule has 2 aliphatic heterocycles. The first-order chi connectivity index (χ1) is 9.74. The zero-order valence-corrected chi connectivity index (χ0v) is 13.5. The molecule has 0 saturated carbocycles. The normalized spacial score (nSPS) is 18.4. The Balaban J connectivity index is 0.00000132. The van der Waals surface area contributed by atoms with Crippen molar-refractivity contribution in [1.29, 1.82) is 0 Å². The minimum atomic E-state index is 0. The number of rotatable bonds is 0. The number of anilines is 1. The summed E-state index contributed by atoms with van der Waals surface area (Å²) in [6, 6.07) is 13.6. The van der Waals surface area contributed by atoms with Crippen LogP contribution in [0.3, 0.4) is 0 Å². The highest BCUT2D eigenvalue weighted by Crippen LogP contribution is 2.46. The van der Waals surface area contributed by atoms with E-state index in [1.54, 1.807) is 0 Å². The Bertz CT molecular complexity index is 735. The van der Waals surface area contributed by atoms with Crippen LogP contribution >= 0.6 is 28.6 Å². The zero-order chi connectivity index (χ0) is 13.7. The van der Waals surface area contributed by atoms with Crippen LogP contribution in [0.5, 0.6) is 11.5 Å². The van der Waals surface area contributed by atoms with E-state index in [-0.39, 0.29) is 23.0 Å². The largest absolute Gasteiger partial charge is 0.455 e. The number of guanidine groups is 1. The molecule has 6 heteroatoms. The molecule has 2 aromatic rings. The van der Waals surface area contributed by atoms with Crippen LogP contribution in [0, 0.1) is 0 Å². The van der Waals surface area contributed by atoms with Gasteiger partial charge in [-0.15, -0.1) is 17.0 Å². The van der Waals surface area contributed by atoms with Crippen LogP contribution in [0.1, 0.15) is 11.6 Å². The monoisotopic (exact) mass is 365 g/mol. The van der Waals surface area contributed by atoms with E-state index in [0.717, 1.165) is 17.0 Å². The minimum absolute atomic E-state index is 0. The molecule has 21 heavy (non-hydrogen) atoms. The van der Waals surface area contributed by atoms with E-state index in [1.165, 1.54) is 0 Å². The van der Waals surface area contributed by atoms with E-state index >= 15 is 0 Å². The third-order valence-electron chi connectivity index (χ3n) is 3.66. The van der Waals surface area contributed by atoms with Gasteiger partial charge in [-0.25, -0.2) is 0 Å². The summed E-state index contributed by atoms with van der Waals surface area (Å²) in [6.45, 7) is 0.633. The molecule has 0 bridgehead atoms. The van der Waals surface area contributed by atoms with E-state index < -0.39 is 0 Å². The molecule has 2 aromatic carbocycles. The van der Waals surface area contributed by atoms with Crippen LogP contribution in [0.25, 0.3) is 0 Å². The third-order valence-corrected chi connectivity index (χ3v) is 3.90. The molecule has 4 nitrogen and oxygen atoms in total. The summed E-state index contributed by atoms with van der Waals surface area (Å²) in [6.07, 6.45) is 0. The molecule has 0 aromatic heterocycles. The van der Waals surface area contributed by atoms with E-state index in [4.69, 9.17) is 22.1 Å². The number of ether oxygens (including phenoxy) is 1. The highest BCUT2D eigenvalue weighted by Gasteiger charge is 2.35. The summed E-state index contributed by atoms with van der Waals surface area (Å²) in [4.78, 5) is 6.39. The third kappa shape index (κ3) is 2.17. The molecule has 108 valence electrons. The lowest BCUT2D eigenvalue weighted by Gasteiger charge is -2.24. The number of fused-ring (bicyclic) bond motifs is 5. The van der Waals surface area contributed by atoms with Crippen LogP contribution in [0.15, 0.2) is 47.5 Å². The fourth-order valence-corrected chi connectivity index (χ4v) is 2.92. The van der Waals surface area contributed by atoms with Crippen LogP contribution < -0.4 is 15.4 Å². The van der Waals surface area contributed by atoms with E-state index in [1.807, 2.05) is 41.3 Å². The first-order valence-electron chi connectivity index (χ1n) is 6.39. The summed E-state index contributed by atoms with van der Waals surface area (Å²) in [5.41, 5.74) is 8.04. The summed E-state index contributed by atoms with van der Waals surface area (Å²) >= 11 is 6.08. The van der Waals surface area contributed by atoms with Crippen molar-refractivity contribution in [2.24, 2.45) is 10.7 Å². The molecule has 1 unspecified atom stereocenters. The zero-order valence-electron chi connectivity index (χ0n) is 11.0. The molecule has 0 spiro atoms. The highest BCUT2D eigenvalue weighted by atomic mass is 79.9. The van der Waals surface area contributed by atoms with Gasteiger partial charge in [0.25, 0.3) is 0 Å². The number of nitrogens with two attached hydrogens (primary N) is 1. The van der Waals surface area contributed by atoms with Gasteiger partial charge in [-0.05, 0) is 18.2 Å². The van der Waals surface area contributed by atoms with Gasteiger partial charge in [0.05, 0.1) is 18.3 Å². The Morgan fingerprint density at radius 1 is 1.19 bits per heavy atom. The molecule has 2 N–H and O–H groups in total. The first kappa shape index (κ1) is 14.2. The fourth-order valence-electron chi connectivity index (χ4n) is 2.76. The topological polar surface area (TPSA) is 50.9 Å². The van der Waals surface area contributed by atoms with Gasteiger partial charge in [-0.2, -0.15) is 0 Å². The van der Waals surface area contributed by atoms with Gasteiger partial charge in [0.2, 0.25) is 0 Å². The fraction of sp³-hybridized carbons (Fsp3) is 0.133. The Kier molecular flexibility index (Phi) is 3.55. The van der Waals surface area contributed by atoms with Gasteiger partial charge in [0, 0.05) is 16.7 Å². The Labute approximate surface area is 137 Å². The van der Waals surface area contributed by atoms with Gasteiger partial charge in [-0.3, -0.25) is 9.89 Å². The minimum Gasteiger partial charge on any atom is -0.455 e. The molecule has 0 radical (unpaired) electrons. The Morgan fingerprint density at radius 2 is 2.00 bits per heavy atom. The van der Waals surface area contributed by atoms with Crippen molar-refractivity contribution in [3.8, 4) is 11.5 Å². The summed E-state index contributed by atoms with van der Waals surface area (Å²) in [7, 11) is 0. The molecule has 2 aliphatic rings. The van der Waals surface area contributed by atoms with Gasteiger partial charge in [0.15, 0.2) is 11.7 Å². The average molecular weight is 367 g/mol. The highest BCUT2D eigenvalue weighted by molar-refractivity contribution is 8.93. The molecule has 0 saturated heterocycles. The van der Waals surface area contributed by atoms with E-state index in [9.17, 15) is 0 Å².